The zero-order valence-electron chi connectivity index (χ0n) is 36.6. The first-order chi connectivity index (χ1) is 29.9. The van der Waals surface area contributed by atoms with Crippen molar-refractivity contribution in [3.63, 3.8) is 0 Å². The summed E-state index contributed by atoms with van der Waals surface area (Å²) in [5, 5.41) is 7.79. The van der Waals surface area contributed by atoms with Crippen molar-refractivity contribution in [1.82, 2.24) is 40.4 Å². The Labute approximate surface area is 363 Å². The molecule has 15 heteroatoms. The van der Waals surface area contributed by atoms with Gasteiger partial charge >= 0.3 is 12.2 Å². The van der Waals surface area contributed by atoms with Crippen molar-refractivity contribution < 1.29 is 28.7 Å². The van der Waals surface area contributed by atoms with Gasteiger partial charge in [-0.2, -0.15) is 0 Å². The molecular weight excluding hydrogens is 801 g/mol. The van der Waals surface area contributed by atoms with Gasteiger partial charge in [0.05, 0.1) is 57.8 Å². The molecule has 0 bridgehead atoms. The fraction of sp³-hybridized carbons (Fsp3) is 0.489. The van der Waals surface area contributed by atoms with Crippen LogP contribution in [0.25, 0.3) is 44.2 Å². The number of ether oxygens (including phenoxy) is 2. The summed E-state index contributed by atoms with van der Waals surface area (Å²) in [7, 11) is 0.905. The van der Waals surface area contributed by atoms with Crippen molar-refractivity contribution >= 4 is 53.9 Å². The molecule has 328 valence electrons. The number of benzene rings is 3. The number of aromatic amines is 2. The van der Waals surface area contributed by atoms with E-state index in [1.54, 1.807) is 4.90 Å². The number of carbonyl (C=O) groups is 4. The highest BCUT2D eigenvalue weighted by atomic mass is 28.3. The summed E-state index contributed by atoms with van der Waals surface area (Å²) in [4.78, 5) is 73.4. The smallest absolute Gasteiger partial charge is 0.407 e. The average Bonchev–Trinajstić information content (AvgIpc) is 4.14. The highest BCUT2D eigenvalue weighted by Crippen LogP contribution is 2.40. The van der Waals surface area contributed by atoms with E-state index in [9.17, 15) is 19.2 Å². The van der Waals surface area contributed by atoms with Crippen LogP contribution in [0.3, 0.4) is 0 Å². The van der Waals surface area contributed by atoms with Gasteiger partial charge in [-0.3, -0.25) is 9.59 Å². The maximum atomic E-state index is 14.2. The number of hydrogen-bond donors (Lipinski definition) is 4. The SMILES string of the molecule is CCCN(Cc1nc2c(ccc3cc(-c4ccc(-c5cnc(C6C[Si](C)(C)CN6C(=O)C(NC(=O)OC)C6CCCC6)[nH]5)cc4)ccc32)[nH]1)C(=O)C(NC(=O)OC)C1CCCC1. The van der Waals surface area contributed by atoms with Gasteiger partial charge in [-0.05, 0) is 84.2 Å². The lowest BCUT2D eigenvalue weighted by molar-refractivity contribution is -0.136. The molecule has 3 unspecified atom stereocenters. The van der Waals surface area contributed by atoms with Gasteiger partial charge in [0.1, 0.15) is 23.7 Å². The van der Waals surface area contributed by atoms with Gasteiger partial charge in [-0.25, -0.2) is 19.6 Å². The largest absolute Gasteiger partial charge is 0.453 e. The van der Waals surface area contributed by atoms with E-state index >= 15 is 0 Å². The van der Waals surface area contributed by atoms with Crippen molar-refractivity contribution in [2.45, 2.75) is 109 Å². The van der Waals surface area contributed by atoms with E-state index in [1.807, 2.05) is 24.1 Å². The summed E-state index contributed by atoms with van der Waals surface area (Å²) in [6.07, 6.45) is 10.0. The number of carbonyl (C=O) groups excluding carboxylic acids is 4. The fourth-order valence-electron chi connectivity index (χ4n) is 10.2. The Balaban J connectivity index is 0.980. The first-order valence-corrected chi connectivity index (χ1v) is 25.7. The highest BCUT2D eigenvalue weighted by Gasteiger charge is 2.47. The number of fused-ring (bicyclic) bond motifs is 3. The van der Waals surface area contributed by atoms with Gasteiger partial charge in [0, 0.05) is 18.1 Å². The summed E-state index contributed by atoms with van der Waals surface area (Å²) in [5.41, 5.74) is 5.77. The van der Waals surface area contributed by atoms with Crippen LogP contribution >= 0.6 is 0 Å². The number of H-pyrrole nitrogens is 2. The normalized spacial score (nSPS) is 18.9. The summed E-state index contributed by atoms with van der Waals surface area (Å²) >= 11 is 0. The predicted molar refractivity (Wildman–Crippen MR) is 242 cm³/mol. The van der Waals surface area contributed by atoms with Crippen LogP contribution in [0.2, 0.25) is 19.1 Å². The van der Waals surface area contributed by atoms with Crippen LogP contribution in [0, 0.1) is 11.8 Å². The van der Waals surface area contributed by atoms with Gasteiger partial charge in [-0.1, -0.05) is 88.2 Å². The lowest BCUT2D eigenvalue weighted by Crippen LogP contribution is -2.52. The standard InChI is InChI=1S/C47H60N8O6Si/c1-6-23-54(44(56)40(52-46(58)60-2)31-11-7-8-12-31)26-39-49-36-22-20-34-24-33(19-21-35(34)42(36)51-39)29-15-17-30(18-16-29)37-25-48-43(50-37)38-27-62(4,5)28-55(38)45(57)41(53-47(59)61-3)32-13-9-10-14-32/h15-22,24-25,31-32,38,40-41H,6-14,23,26-28H2,1-5H3,(H,48,50)(H,49,51)(H,52,58)(H,53,59). The first kappa shape index (κ1) is 43.0. The van der Waals surface area contributed by atoms with Crippen LogP contribution < -0.4 is 10.6 Å². The molecule has 4 N–H and O–H groups in total. The van der Waals surface area contributed by atoms with Crippen LogP contribution in [0.15, 0.2) is 60.8 Å². The van der Waals surface area contributed by atoms with E-state index in [0.717, 1.165) is 114 Å². The van der Waals surface area contributed by atoms with Gasteiger partial charge in [-0.15, -0.1) is 0 Å². The molecule has 3 heterocycles. The minimum Gasteiger partial charge on any atom is -0.453 e. The second-order valence-corrected chi connectivity index (χ2v) is 23.3. The van der Waals surface area contributed by atoms with Crippen LogP contribution in [-0.2, 0) is 25.6 Å². The molecule has 3 aromatic carbocycles. The summed E-state index contributed by atoms with van der Waals surface area (Å²) in [5.74, 6) is 1.51. The Bertz CT molecular complexity index is 2420. The molecule has 1 saturated heterocycles. The third-order valence-corrected chi connectivity index (χ3v) is 16.0. The molecular formula is C47H60N8O6Si. The number of hydrogen-bond acceptors (Lipinski definition) is 8. The van der Waals surface area contributed by atoms with Crippen molar-refractivity contribution in [2.75, 3.05) is 26.9 Å². The topological polar surface area (TPSA) is 175 Å². The second-order valence-electron chi connectivity index (χ2n) is 18.3. The molecule has 5 aromatic rings. The maximum Gasteiger partial charge on any atom is 0.407 e. The van der Waals surface area contributed by atoms with E-state index < -0.39 is 32.3 Å². The van der Waals surface area contributed by atoms with Crippen molar-refractivity contribution in [3.8, 4) is 22.4 Å². The van der Waals surface area contributed by atoms with E-state index in [-0.39, 0.29) is 29.7 Å². The average molecular weight is 861 g/mol. The molecule has 62 heavy (non-hydrogen) atoms. The molecule has 2 aromatic heterocycles. The van der Waals surface area contributed by atoms with Crippen LogP contribution in [-0.4, -0.2) is 101 Å². The van der Waals surface area contributed by atoms with E-state index in [4.69, 9.17) is 19.4 Å². The monoisotopic (exact) mass is 860 g/mol. The molecule has 3 atom stereocenters. The maximum absolute atomic E-state index is 14.2. The fourth-order valence-corrected chi connectivity index (χ4v) is 13.0. The first-order valence-electron chi connectivity index (χ1n) is 22.3. The van der Waals surface area contributed by atoms with Crippen LogP contribution in [0.5, 0.6) is 0 Å². The van der Waals surface area contributed by atoms with Crippen molar-refractivity contribution in [1.29, 1.82) is 0 Å². The quantitative estimate of drug-likeness (QED) is 0.0853. The Kier molecular flexibility index (Phi) is 12.7. The molecule has 8 rings (SSSR count). The Morgan fingerprint density at radius 3 is 2.13 bits per heavy atom. The summed E-state index contributed by atoms with van der Waals surface area (Å²) in [6, 6.07) is 18.4. The zero-order chi connectivity index (χ0) is 43.5. The molecule has 1 aliphatic heterocycles. The number of methoxy groups -OCH3 is 2. The van der Waals surface area contributed by atoms with Gasteiger partial charge in [0.25, 0.3) is 0 Å². The van der Waals surface area contributed by atoms with Crippen LogP contribution in [0.4, 0.5) is 9.59 Å². The minimum atomic E-state index is -1.76. The molecule has 3 aliphatic rings. The Hall–Kier alpha value is -5.70. The van der Waals surface area contributed by atoms with Crippen LogP contribution in [0.1, 0.15) is 82.4 Å². The third-order valence-electron chi connectivity index (χ3n) is 13.3. The third kappa shape index (κ3) is 9.08. The van der Waals surface area contributed by atoms with E-state index in [0.29, 0.717) is 25.1 Å². The van der Waals surface area contributed by atoms with Gasteiger partial charge in [0.15, 0.2) is 0 Å². The molecule has 0 radical (unpaired) electrons. The number of nitrogens with one attached hydrogen (secondary N) is 4. The van der Waals surface area contributed by atoms with Crippen molar-refractivity contribution in [2.24, 2.45) is 11.8 Å². The van der Waals surface area contributed by atoms with Crippen molar-refractivity contribution in [3.05, 3.63) is 72.4 Å². The molecule has 0 spiro atoms. The molecule has 4 amide bonds. The number of nitrogens with zero attached hydrogens (tertiary/aromatic N) is 4. The van der Waals surface area contributed by atoms with Gasteiger partial charge in [0.2, 0.25) is 11.8 Å². The summed E-state index contributed by atoms with van der Waals surface area (Å²) < 4.78 is 9.81. The van der Waals surface area contributed by atoms with E-state index in [1.165, 1.54) is 14.2 Å². The van der Waals surface area contributed by atoms with E-state index in [2.05, 4.69) is 82.2 Å². The predicted octanol–water partition coefficient (Wildman–Crippen LogP) is 8.47. The van der Waals surface area contributed by atoms with Gasteiger partial charge < -0.3 is 39.9 Å². The lowest BCUT2D eigenvalue weighted by Gasteiger charge is -2.31. The second kappa shape index (κ2) is 18.3. The highest BCUT2D eigenvalue weighted by molar-refractivity contribution is 6.78. The number of aromatic nitrogens is 4. The Morgan fingerprint density at radius 1 is 0.839 bits per heavy atom. The molecule has 14 nitrogen and oxygen atoms in total. The number of rotatable bonds is 13. The number of amides is 4. The Morgan fingerprint density at radius 2 is 1.47 bits per heavy atom. The number of imidazole rings is 2. The molecule has 2 aliphatic carbocycles. The minimum absolute atomic E-state index is 0.0408. The molecule has 2 saturated carbocycles. The summed E-state index contributed by atoms with van der Waals surface area (Å²) in [6.45, 7) is 7.51. The zero-order valence-corrected chi connectivity index (χ0v) is 37.6. The molecule has 3 fully saturated rings. The lowest BCUT2D eigenvalue weighted by atomic mass is 9.96. The number of alkyl carbamates (subject to hydrolysis) is 2.